The summed E-state index contributed by atoms with van der Waals surface area (Å²) in [7, 11) is 0. The Morgan fingerprint density at radius 1 is 1.08 bits per heavy atom. The van der Waals surface area contributed by atoms with Gasteiger partial charge in [0.05, 0.1) is 13.2 Å². The molecule has 1 N–H and O–H groups in total. The maximum absolute atomic E-state index is 13.4. The lowest BCUT2D eigenvalue weighted by molar-refractivity contribution is 0.0865. The highest BCUT2D eigenvalue weighted by molar-refractivity contribution is 5.94. The van der Waals surface area contributed by atoms with Gasteiger partial charge in [-0.3, -0.25) is 4.79 Å². The number of hydrogen-bond acceptors (Lipinski definition) is 3. The largest absolute Gasteiger partial charge is 0.491 e. The second-order valence-corrected chi connectivity index (χ2v) is 5.92. The smallest absolute Gasteiger partial charge is 0.251 e. The number of carbonyl (C=O) groups excluding carboxylic acids is 1. The first kappa shape index (κ1) is 18.9. The van der Waals surface area contributed by atoms with E-state index in [1.165, 1.54) is 12.1 Å². The van der Waals surface area contributed by atoms with Gasteiger partial charge in [0.1, 0.15) is 18.2 Å². The summed E-state index contributed by atoms with van der Waals surface area (Å²) in [6, 6.07) is 13.6. The van der Waals surface area contributed by atoms with Gasteiger partial charge in [0.25, 0.3) is 5.91 Å². The zero-order valence-corrected chi connectivity index (χ0v) is 14.6. The van der Waals surface area contributed by atoms with Gasteiger partial charge in [0, 0.05) is 18.2 Å². The fourth-order valence-electron chi connectivity index (χ4n) is 2.35. The Morgan fingerprint density at radius 2 is 1.84 bits per heavy atom. The van der Waals surface area contributed by atoms with Crippen LogP contribution in [-0.4, -0.2) is 32.3 Å². The Labute approximate surface area is 148 Å². The molecule has 25 heavy (non-hydrogen) atoms. The van der Waals surface area contributed by atoms with E-state index in [1.807, 2.05) is 32.0 Å². The normalized spacial score (nSPS) is 10.7. The van der Waals surface area contributed by atoms with Gasteiger partial charge in [-0.05, 0) is 29.7 Å². The van der Waals surface area contributed by atoms with E-state index in [0.29, 0.717) is 37.7 Å². The highest BCUT2D eigenvalue weighted by Gasteiger charge is 2.09. The predicted molar refractivity (Wildman–Crippen MR) is 95.6 cm³/mol. The number of ether oxygens (including phenoxy) is 2. The predicted octanol–water partition coefficient (Wildman–Crippen LogP) is 3.77. The molecule has 0 saturated heterocycles. The van der Waals surface area contributed by atoms with Crippen LogP contribution in [-0.2, 0) is 4.74 Å². The van der Waals surface area contributed by atoms with Crippen LogP contribution in [0.15, 0.2) is 48.5 Å². The first-order chi connectivity index (χ1) is 12.1. The molecular weight excluding hydrogens is 321 g/mol. The van der Waals surface area contributed by atoms with Crippen LogP contribution in [0, 0.1) is 5.82 Å². The lowest BCUT2D eigenvalue weighted by Gasteiger charge is -2.14. The first-order valence-corrected chi connectivity index (χ1v) is 8.41. The van der Waals surface area contributed by atoms with Gasteiger partial charge in [-0.1, -0.05) is 38.1 Å². The van der Waals surface area contributed by atoms with Crippen molar-refractivity contribution in [3.8, 4) is 5.75 Å². The second-order valence-electron chi connectivity index (χ2n) is 5.92. The van der Waals surface area contributed by atoms with E-state index in [0.717, 1.165) is 5.56 Å². The van der Waals surface area contributed by atoms with Crippen LogP contribution < -0.4 is 10.1 Å². The van der Waals surface area contributed by atoms with Crippen molar-refractivity contribution in [1.29, 1.82) is 0 Å². The van der Waals surface area contributed by atoms with E-state index in [-0.39, 0.29) is 17.6 Å². The summed E-state index contributed by atoms with van der Waals surface area (Å²) < 4.78 is 24.4. The van der Waals surface area contributed by atoms with Crippen LogP contribution in [0.2, 0.25) is 0 Å². The zero-order chi connectivity index (χ0) is 18.1. The monoisotopic (exact) mass is 345 g/mol. The number of rotatable bonds is 9. The van der Waals surface area contributed by atoms with Gasteiger partial charge < -0.3 is 14.8 Å². The third-order valence-electron chi connectivity index (χ3n) is 3.65. The topological polar surface area (TPSA) is 47.6 Å². The van der Waals surface area contributed by atoms with E-state index in [2.05, 4.69) is 5.32 Å². The van der Waals surface area contributed by atoms with Crippen molar-refractivity contribution < 1.29 is 18.7 Å². The molecule has 0 fully saturated rings. The molecule has 5 heteroatoms. The van der Waals surface area contributed by atoms with Crippen LogP contribution in [0.5, 0.6) is 5.75 Å². The second kappa shape index (κ2) is 9.79. The van der Waals surface area contributed by atoms with Crippen molar-refractivity contribution in [1.82, 2.24) is 5.32 Å². The summed E-state index contributed by atoms with van der Waals surface area (Å²) in [6.45, 7) is 5.58. The van der Waals surface area contributed by atoms with Gasteiger partial charge in [0.15, 0.2) is 0 Å². The highest BCUT2D eigenvalue weighted by atomic mass is 19.1. The molecule has 0 radical (unpaired) electrons. The summed E-state index contributed by atoms with van der Waals surface area (Å²) in [5.41, 5.74) is 1.59. The molecule has 0 unspecified atom stereocenters. The minimum Gasteiger partial charge on any atom is -0.491 e. The van der Waals surface area contributed by atoms with Gasteiger partial charge in [0.2, 0.25) is 0 Å². The molecule has 0 aliphatic heterocycles. The van der Waals surface area contributed by atoms with Crippen LogP contribution in [0.1, 0.15) is 35.7 Å². The maximum atomic E-state index is 13.4. The van der Waals surface area contributed by atoms with E-state index in [4.69, 9.17) is 9.47 Å². The van der Waals surface area contributed by atoms with Gasteiger partial charge in [-0.25, -0.2) is 4.39 Å². The Hall–Kier alpha value is -2.40. The van der Waals surface area contributed by atoms with Crippen molar-refractivity contribution in [3.05, 3.63) is 65.5 Å². The molecule has 0 aliphatic rings. The van der Waals surface area contributed by atoms with E-state index < -0.39 is 0 Å². The molecule has 0 bridgehead atoms. The fourth-order valence-corrected chi connectivity index (χ4v) is 2.35. The minimum absolute atomic E-state index is 0.123. The molecule has 0 atom stereocenters. The molecule has 0 saturated carbocycles. The van der Waals surface area contributed by atoms with Crippen LogP contribution >= 0.6 is 0 Å². The van der Waals surface area contributed by atoms with Gasteiger partial charge in [-0.15, -0.1) is 0 Å². The molecule has 1 amide bonds. The summed E-state index contributed by atoms with van der Waals surface area (Å²) in [5.74, 6) is 0.367. The third-order valence-corrected chi connectivity index (χ3v) is 3.65. The molecule has 2 aromatic rings. The standard InChI is InChI=1S/C20H24FNO3/c1-15(2)18-9-8-17(21)14-19(18)25-13-12-24-11-10-22-20(23)16-6-4-3-5-7-16/h3-9,14-15H,10-13H2,1-2H3,(H,22,23). The lowest BCUT2D eigenvalue weighted by Crippen LogP contribution is -2.27. The molecule has 4 nitrogen and oxygen atoms in total. The van der Waals surface area contributed by atoms with Crippen molar-refractivity contribution in [2.24, 2.45) is 0 Å². The molecule has 2 rings (SSSR count). The number of carbonyl (C=O) groups is 1. The number of benzene rings is 2. The Kier molecular flexibility index (Phi) is 7.41. The van der Waals surface area contributed by atoms with Gasteiger partial charge >= 0.3 is 0 Å². The summed E-state index contributed by atoms with van der Waals surface area (Å²) in [4.78, 5) is 11.8. The van der Waals surface area contributed by atoms with Crippen LogP contribution in [0.25, 0.3) is 0 Å². The number of hydrogen-bond donors (Lipinski definition) is 1. The van der Waals surface area contributed by atoms with E-state index >= 15 is 0 Å². The quantitative estimate of drug-likeness (QED) is 0.704. The average Bonchev–Trinajstić information content (AvgIpc) is 2.61. The van der Waals surface area contributed by atoms with Crippen LogP contribution in [0.4, 0.5) is 4.39 Å². The lowest BCUT2D eigenvalue weighted by atomic mass is 10.0. The van der Waals surface area contributed by atoms with Crippen molar-refractivity contribution >= 4 is 5.91 Å². The first-order valence-electron chi connectivity index (χ1n) is 8.41. The Bertz CT molecular complexity index is 674. The highest BCUT2D eigenvalue weighted by Crippen LogP contribution is 2.27. The molecule has 0 aromatic heterocycles. The van der Waals surface area contributed by atoms with Crippen molar-refractivity contribution in [2.45, 2.75) is 19.8 Å². The SMILES string of the molecule is CC(C)c1ccc(F)cc1OCCOCCNC(=O)c1ccccc1. The maximum Gasteiger partial charge on any atom is 0.251 e. The Morgan fingerprint density at radius 3 is 2.56 bits per heavy atom. The number of nitrogens with one attached hydrogen (secondary N) is 1. The number of halogens is 1. The molecule has 0 aliphatic carbocycles. The third kappa shape index (κ3) is 6.19. The fraction of sp³-hybridized carbons (Fsp3) is 0.350. The minimum atomic E-state index is -0.316. The molecule has 134 valence electrons. The molecule has 0 heterocycles. The van der Waals surface area contributed by atoms with Crippen LogP contribution in [0.3, 0.4) is 0 Å². The molecule has 2 aromatic carbocycles. The van der Waals surface area contributed by atoms with E-state index in [9.17, 15) is 9.18 Å². The van der Waals surface area contributed by atoms with Gasteiger partial charge in [-0.2, -0.15) is 0 Å². The summed E-state index contributed by atoms with van der Waals surface area (Å²) in [6.07, 6.45) is 0. The molecule has 0 spiro atoms. The molecular formula is C20H24FNO3. The van der Waals surface area contributed by atoms with Crippen molar-refractivity contribution in [3.63, 3.8) is 0 Å². The number of amides is 1. The zero-order valence-electron chi connectivity index (χ0n) is 14.6. The summed E-state index contributed by atoms with van der Waals surface area (Å²) in [5, 5.41) is 2.78. The Balaban J connectivity index is 1.64. The van der Waals surface area contributed by atoms with Crippen molar-refractivity contribution in [2.75, 3.05) is 26.4 Å². The average molecular weight is 345 g/mol. The summed E-state index contributed by atoms with van der Waals surface area (Å²) >= 11 is 0. The van der Waals surface area contributed by atoms with E-state index in [1.54, 1.807) is 18.2 Å².